The molecular weight excluding hydrogens is 260 g/mol. The Bertz CT molecular complexity index is 623. The minimum atomic E-state index is -0.551. The van der Waals surface area contributed by atoms with Gasteiger partial charge in [0, 0.05) is 11.3 Å². The molecular formula is C15H15ClN2O. The molecule has 0 saturated heterocycles. The number of fused-ring (bicyclic) bond motifs is 1. The van der Waals surface area contributed by atoms with Crippen molar-refractivity contribution >= 4 is 24.0 Å². The highest BCUT2D eigenvalue weighted by atomic mass is 35.5. The largest absolute Gasteiger partial charge is 0.324 e. The van der Waals surface area contributed by atoms with Crippen molar-refractivity contribution < 1.29 is 4.79 Å². The van der Waals surface area contributed by atoms with Crippen LogP contribution in [0.15, 0.2) is 42.5 Å². The average molecular weight is 275 g/mol. The smallest absolute Gasteiger partial charge is 0.245 e. The van der Waals surface area contributed by atoms with E-state index in [1.54, 1.807) is 0 Å². The third-order valence-electron chi connectivity index (χ3n) is 3.31. The quantitative estimate of drug-likeness (QED) is 0.840. The number of hydrogen-bond donors (Lipinski definition) is 2. The van der Waals surface area contributed by atoms with E-state index in [0.29, 0.717) is 0 Å². The Morgan fingerprint density at radius 2 is 1.68 bits per heavy atom. The average Bonchev–Trinajstić information content (AvgIpc) is 2.66. The maximum absolute atomic E-state index is 11.5. The summed E-state index contributed by atoms with van der Waals surface area (Å²) < 4.78 is 0. The van der Waals surface area contributed by atoms with Gasteiger partial charge in [0.2, 0.25) is 5.91 Å². The summed E-state index contributed by atoms with van der Waals surface area (Å²) in [7, 11) is 0. The summed E-state index contributed by atoms with van der Waals surface area (Å²) in [5.74, 6) is -0.133. The van der Waals surface area contributed by atoms with Crippen LogP contribution >= 0.6 is 12.4 Å². The van der Waals surface area contributed by atoms with E-state index < -0.39 is 6.04 Å². The van der Waals surface area contributed by atoms with Crippen molar-refractivity contribution in [3.8, 4) is 11.1 Å². The first kappa shape index (κ1) is 13.6. The molecule has 3 rings (SSSR count). The van der Waals surface area contributed by atoms with E-state index in [9.17, 15) is 4.79 Å². The Balaban J connectivity index is 0.00000133. The number of hydrogen-bond acceptors (Lipinski definition) is 2. The number of carbonyl (C=O) groups is 1. The van der Waals surface area contributed by atoms with Gasteiger partial charge in [0.25, 0.3) is 0 Å². The van der Waals surface area contributed by atoms with Crippen LogP contribution in [0.4, 0.5) is 5.69 Å². The zero-order valence-electron chi connectivity index (χ0n) is 10.5. The lowest BCUT2D eigenvalue weighted by Crippen LogP contribution is -2.19. The number of anilines is 1. The minimum Gasteiger partial charge on any atom is -0.324 e. The summed E-state index contributed by atoms with van der Waals surface area (Å²) in [6.07, 6.45) is 0. The lowest BCUT2D eigenvalue weighted by molar-refractivity contribution is -0.116. The molecule has 0 bridgehead atoms. The summed E-state index contributed by atoms with van der Waals surface area (Å²) in [4.78, 5) is 11.5. The van der Waals surface area contributed by atoms with Crippen molar-refractivity contribution in [2.24, 2.45) is 5.73 Å². The van der Waals surface area contributed by atoms with E-state index in [4.69, 9.17) is 5.73 Å². The second-order valence-corrected chi connectivity index (χ2v) is 4.63. The van der Waals surface area contributed by atoms with E-state index in [0.717, 1.165) is 22.4 Å². The van der Waals surface area contributed by atoms with Gasteiger partial charge in [-0.3, -0.25) is 4.79 Å². The molecule has 1 heterocycles. The van der Waals surface area contributed by atoms with E-state index >= 15 is 0 Å². The topological polar surface area (TPSA) is 55.1 Å². The van der Waals surface area contributed by atoms with E-state index in [1.165, 1.54) is 5.56 Å². The molecule has 3 nitrogen and oxygen atoms in total. The first-order valence-electron chi connectivity index (χ1n) is 5.92. The van der Waals surface area contributed by atoms with Crippen molar-refractivity contribution in [1.82, 2.24) is 0 Å². The first-order valence-corrected chi connectivity index (χ1v) is 5.92. The molecule has 0 radical (unpaired) electrons. The molecule has 98 valence electrons. The summed E-state index contributed by atoms with van der Waals surface area (Å²) in [5.41, 5.74) is 11.0. The van der Waals surface area contributed by atoms with Crippen LogP contribution in [0.5, 0.6) is 0 Å². The van der Waals surface area contributed by atoms with Gasteiger partial charge in [-0.25, -0.2) is 0 Å². The van der Waals surface area contributed by atoms with Crippen LogP contribution in [0.3, 0.4) is 0 Å². The van der Waals surface area contributed by atoms with Crippen molar-refractivity contribution in [1.29, 1.82) is 0 Å². The van der Waals surface area contributed by atoms with Gasteiger partial charge >= 0.3 is 0 Å². The number of amides is 1. The normalized spacial score (nSPS) is 16.5. The Hall–Kier alpha value is -1.84. The van der Waals surface area contributed by atoms with Gasteiger partial charge < -0.3 is 11.1 Å². The maximum atomic E-state index is 11.5. The summed E-state index contributed by atoms with van der Waals surface area (Å²) >= 11 is 0. The van der Waals surface area contributed by atoms with Gasteiger partial charge in [0.1, 0.15) is 6.04 Å². The van der Waals surface area contributed by atoms with Crippen LogP contribution in [0, 0.1) is 6.92 Å². The third kappa shape index (κ3) is 2.35. The van der Waals surface area contributed by atoms with Crippen LogP contribution < -0.4 is 11.1 Å². The molecule has 2 aromatic carbocycles. The monoisotopic (exact) mass is 274 g/mol. The lowest BCUT2D eigenvalue weighted by Gasteiger charge is -2.06. The second-order valence-electron chi connectivity index (χ2n) is 4.63. The zero-order chi connectivity index (χ0) is 12.7. The molecule has 0 spiro atoms. The van der Waals surface area contributed by atoms with Crippen molar-refractivity contribution in [2.45, 2.75) is 13.0 Å². The Labute approximate surface area is 118 Å². The van der Waals surface area contributed by atoms with Crippen molar-refractivity contribution in [3.05, 3.63) is 53.6 Å². The Morgan fingerprint density at radius 1 is 1.05 bits per heavy atom. The number of rotatable bonds is 1. The zero-order valence-corrected chi connectivity index (χ0v) is 11.3. The molecule has 1 atom stereocenters. The molecule has 1 unspecified atom stereocenters. The van der Waals surface area contributed by atoms with Gasteiger partial charge in [-0.05, 0) is 30.2 Å². The van der Waals surface area contributed by atoms with E-state index in [2.05, 4.69) is 36.5 Å². The van der Waals surface area contributed by atoms with Crippen LogP contribution in [-0.2, 0) is 4.79 Å². The van der Waals surface area contributed by atoms with Gasteiger partial charge in [-0.2, -0.15) is 0 Å². The fourth-order valence-corrected chi connectivity index (χ4v) is 2.21. The molecule has 0 aromatic heterocycles. The lowest BCUT2D eigenvalue weighted by atomic mass is 9.99. The standard InChI is InChI=1S/C15H14N2O.ClH/c1-9-2-4-10(5-3-9)11-6-7-13-12(8-11)14(16)15(18)17-13;/h2-8,14H,16H2,1H3,(H,17,18);1H. The molecule has 0 fully saturated rings. The number of nitrogens with one attached hydrogen (secondary N) is 1. The molecule has 1 aliphatic rings. The summed E-state index contributed by atoms with van der Waals surface area (Å²) in [6, 6.07) is 13.7. The molecule has 1 amide bonds. The maximum Gasteiger partial charge on any atom is 0.245 e. The predicted molar refractivity (Wildman–Crippen MR) is 79.4 cm³/mol. The van der Waals surface area contributed by atoms with Crippen molar-refractivity contribution in [2.75, 3.05) is 5.32 Å². The van der Waals surface area contributed by atoms with Gasteiger partial charge in [0.05, 0.1) is 0 Å². The van der Waals surface area contributed by atoms with Gasteiger partial charge in [-0.15, -0.1) is 12.4 Å². The number of halogens is 1. The molecule has 2 aromatic rings. The molecule has 3 N–H and O–H groups in total. The van der Waals surface area contributed by atoms with Crippen molar-refractivity contribution in [3.63, 3.8) is 0 Å². The summed E-state index contributed by atoms with van der Waals surface area (Å²) in [5, 5.41) is 2.77. The van der Waals surface area contributed by atoms with Crippen LogP contribution in [0.1, 0.15) is 17.2 Å². The molecule has 0 aliphatic carbocycles. The van der Waals surface area contributed by atoms with Crippen LogP contribution in [-0.4, -0.2) is 5.91 Å². The third-order valence-corrected chi connectivity index (χ3v) is 3.31. The molecule has 4 heteroatoms. The SMILES string of the molecule is Cc1ccc(-c2ccc3c(c2)C(N)C(=O)N3)cc1.Cl. The highest BCUT2D eigenvalue weighted by Crippen LogP contribution is 2.33. The van der Waals surface area contributed by atoms with Gasteiger partial charge in [0.15, 0.2) is 0 Å². The van der Waals surface area contributed by atoms with Crippen LogP contribution in [0.25, 0.3) is 11.1 Å². The molecule has 0 saturated carbocycles. The number of benzene rings is 2. The predicted octanol–water partition coefficient (Wildman–Crippen LogP) is 3.04. The number of carbonyl (C=O) groups excluding carboxylic acids is 1. The highest BCUT2D eigenvalue weighted by Gasteiger charge is 2.27. The fourth-order valence-electron chi connectivity index (χ4n) is 2.21. The van der Waals surface area contributed by atoms with E-state index in [-0.39, 0.29) is 18.3 Å². The fraction of sp³-hybridized carbons (Fsp3) is 0.133. The minimum absolute atomic E-state index is 0. The summed E-state index contributed by atoms with van der Waals surface area (Å²) in [6.45, 7) is 2.06. The number of nitrogens with two attached hydrogens (primary N) is 1. The Kier molecular flexibility index (Phi) is 3.60. The van der Waals surface area contributed by atoms with Crippen LogP contribution in [0.2, 0.25) is 0 Å². The van der Waals surface area contributed by atoms with E-state index in [1.807, 2.05) is 18.2 Å². The Morgan fingerprint density at radius 3 is 2.37 bits per heavy atom. The second kappa shape index (κ2) is 5.03. The highest BCUT2D eigenvalue weighted by molar-refractivity contribution is 6.02. The molecule has 1 aliphatic heterocycles. The molecule has 19 heavy (non-hydrogen) atoms. The van der Waals surface area contributed by atoms with Gasteiger partial charge in [-0.1, -0.05) is 35.9 Å². The first-order chi connectivity index (χ1) is 8.65. The number of aryl methyl sites for hydroxylation is 1.